The highest BCUT2D eigenvalue weighted by molar-refractivity contribution is 8.03. The summed E-state index contributed by atoms with van der Waals surface area (Å²) in [6.45, 7) is 4.17. The Morgan fingerprint density at radius 1 is 1.40 bits per heavy atom. The molecule has 0 heterocycles. The van der Waals surface area contributed by atoms with E-state index in [9.17, 15) is 5.11 Å². The molecular formula is C11H13NO2S. The molecule has 0 amide bonds. The van der Waals surface area contributed by atoms with Crippen LogP contribution in [0.1, 0.15) is 11.1 Å². The van der Waals surface area contributed by atoms with Gasteiger partial charge in [-0.1, -0.05) is 0 Å². The maximum atomic E-state index is 9.54. The standard InChI is InChI=1S/C11H13NO2S/c1-8-5-10(6-9(2)11(8)13)14-3-4-15-7-12/h5-6,13H,3-4H2,1-2H3. The number of phenolic OH excluding ortho intramolecular Hbond substituents is 1. The lowest BCUT2D eigenvalue weighted by Gasteiger charge is -2.08. The molecule has 0 aliphatic heterocycles. The highest BCUT2D eigenvalue weighted by atomic mass is 32.2. The van der Waals surface area contributed by atoms with E-state index in [1.165, 1.54) is 11.8 Å². The summed E-state index contributed by atoms with van der Waals surface area (Å²) in [5.41, 5.74) is 1.61. The van der Waals surface area contributed by atoms with E-state index in [0.717, 1.165) is 16.9 Å². The topological polar surface area (TPSA) is 53.2 Å². The zero-order chi connectivity index (χ0) is 11.3. The Kier molecular flexibility index (Phi) is 4.32. The second-order valence-corrected chi connectivity index (χ2v) is 4.07. The number of hydrogen-bond donors (Lipinski definition) is 1. The molecule has 80 valence electrons. The number of nitriles is 1. The summed E-state index contributed by atoms with van der Waals surface area (Å²) < 4.78 is 5.44. The zero-order valence-corrected chi connectivity index (χ0v) is 9.60. The molecule has 0 fully saturated rings. The van der Waals surface area contributed by atoms with Gasteiger partial charge in [0.05, 0.1) is 6.61 Å². The van der Waals surface area contributed by atoms with E-state index in [4.69, 9.17) is 10.00 Å². The SMILES string of the molecule is Cc1cc(OCCSC#N)cc(C)c1O. The maximum Gasteiger partial charge on any atom is 0.133 e. The lowest BCUT2D eigenvalue weighted by molar-refractivity contribution is 0.342. The van der Waals surface area contributed by atoms with Crippen molar-refractivity contribution in [1.82, 2.24) is 0 Å². The molecule has 0 aromatic heterocycles. The second kappa shape index (κ2) is 5.52. The Balaban J connectivity index is 2.59. The third-order valence-electron chi connectivity index (χ3n) is 1.98. The molecule has 1 aromatic rings. The van der Waals surface area contributed by atoms with Crippen LogP contribution in [0.3, 0.4) is 0 Å². The number of thioether (sulfide) groups is 1. The van der Waals surface area contributed by atoms with Crippen LogP contribution in [0.5, 0.6) is 11.5 Å². The minimum absolute atomic E-state index is 0.314. The van der Waals surface area contributed by atoms with Crippen molar-refractivity contribution in [2.45, 2.75) is 13.8 Å². The van der Waals surface area contributed by atoms with Crippen LogP contribution in [0, 0.1) is 24.5 Å². The minimum Gasteiger partial charge on any atom is -0.507 e. The van der Waals surface area contributed by atoms with E-state index < -0.39 is 0 Å². The van der Waals surface area contributed by atoms with E-state index in [1.54, 1.807) is 12.1 Å². The Hall–Kier alpha value is -1.34. The molecule has 0 aliphatic rings. The molecular weight excluding hydrogens is 210 g/mol. The van der Waals surface area contributed by atoms with Gasteiger partial charge in [-0.15, -0.1) is 0 Å². The Bertz CT molecular complexity index is 362. The predicted molar refractivity (Wildman–Crippen MR) is 61.1 cm³/mol. The molecule has 0 radical (unpaired) electrons. The van der Waals surface area contributed by atoms with Crippen molar-refractivity contribution >= 4 is 11.8 Å². The second-order valence-electron chi connectivity index (χ2n) is 3.19. The Morgan fingerprint density at radius 2 is 2.00 bits per heavy atom. The van der Waals surface area contributed by atoms with Gasteiger partial charge in [0.2, 0.25) is 0 Å². The van der Waals surface area contributed by atoms with Gasteiger partial charge in [0.1, 0.15) is 16.9 Å². The molecule has 0 aliphatic carbocycles. The van der Waals surface area contributed by atoms with Crippen LogP contribution in [0.2, 0.25) is 0 Å². The molecule has 1 aromatic carbocycles. The first-order valence-corrected chi connectivity index (χ1v) is 5.57. The average Bonchev–Trinajstić information content (AvgIpc) is 2.21. The monoisotopic (exact) mass is 223 g/mol. The number of benzene rings is 1. The number of aromatic hydroxyl groups is 1. The maximum absolute atomic E-state index is 9.54. The van der Waals surface area contributed by atoms with Crippen molar-refractivity contribution in [2.75, 3.05) is 12.4 Å². The predicted octanol–water partition coefficient (Wildman–Crippen LogP) is 2.60. The molecule has 0 bridgehead atoms. The lowest BCUT2D eigenvalue weighted by atomic mass is 10.1. The molecule has 1 rings (SSSR count). The fourth-order valence-electron chi connectivity index (χ4n) is 1.25. The summed E-state index contributed by atoms with van der Waals surface area (Å²) in [7, 11) is 0. The first kappa shape index (κ1) is 11.7. The molecule has 0 saturated heterocycles. The first-order valence-electron chi connectivity index (χ1n) is 4.59. The summed E-state index contributed by atoms with van der Waals surface area (Å²) >= 11 is 1.17. The molecule has 0 unspecified atom stereocenters. The van der Waals surface area contributed by atoms with Gasteiger partial charge in [-0.25, -0.2) is 0 Å². The average molecular weight is 223 g/mol. The Morgan fingerprint density at radius 3 is 2.53 bits per heavy atom. The van der Waals surface area contributed by atoms with Crippen molar-refractivity contribution < 1.29 is 9.84 Å². The molecule has 0 spiro atoms. The lowest BCUT2D eigenvalue weighted by Crippen LogP contribution is -2.00. The van der Waals surface area contributed by atoms with E-state index >= 15 is 0 Å². The van der Waals surface area contributed by atoms with Gasteiger partial charge in [-0.2, -0.15) is 5.26 Å². The van der Waals surface area contributed by atoms with Crippen LogP contribution in [0.4, 0.5) is 0 Å². The van der Waals surface area contributed by atoms with Gasteiger partial charge < -0.3 is 9.84 Å². The number of hydrogen-bond acceptors (Lipinski definition) is 4. The van der Waals surface area contributed by atoms with Crippen molar-refractivity contribution in [3.05, 3.63) is 23.3 Å². The molecule has 0 saturated carbocycles. The molecule has 4 heteroatoms. The van der Waals surface area contributed by atoms with Gasteiger partial charge in [-0.3, -0.25) is 0 Å². The summed E-state index contributed by atoms with van der Waals surface area (Å²) in [6, 6.07) is 3.58. The fraction of sp³-hybridized carbons (Fsp3) is 0.364. The van der Waals surface area contributed by atoms with Crippen molar-refractivity contribution in [3.63, 3.8) is 0 Å². The fourth-order valence-corrected chi connectivity index (χ4v) is 1.50. The number of ether oxygens (including phenoxy) is 1. The van der Waals surface area contributed by atoms with Gasteiger partial charge in [0.15, 0.2) is 0 Å². The summed E-state index contributed by atoms with van der Waals surface area (Å²) in [5, 5.41) is 19.8. The normalized spacial score (nSPS) is 9.67. The van der Waals surface area contributed by atoms with E-state index in [1.807, 2.05) is 19.2 Å². The van der Waals surface area contributed by atoms with Crippen LogP contribution in [-0.2, 0) is 0 Å². The number of nitrogens with zero attached hydrogens (tertiary/aromatic N) is 1. The van der Waals surface area contributed by atoms with Crippen molar-refractivity contribution in [3.8, 4) is 16.9 Å². The number of aryl methyl sites for hydroxylation is 2. The largest absolute Gasteiger partial charge is 0.507 e. The van der Waals surface area contributed by atoms with E-state index in [0.29, 0.717) is 18.1 Å². The van der Waals surface area contributed by atoms with E-state index in [-0.39, 0.29) is 0 Å². The van der Waals surface area contributed by atoms with Gasteiger partial charge in [0.25, 0.3) is 0 Å². The van der Waals surface area contributed by atoms with Crippen molar-refractivity contribution in [2.24, 2.45) is 0 Å². The zero-order valence-electron chi connectivity index (χ0n) is 8.78. The van der Waals surface area contributed by atoms with Crippen LogP contribution in [0.15, 0.2) is 12.1 Å². The molecule has 0 atom stereocenters. The summed E-state index contributed by atoms with van der Waals surface area (Å²) in [4.78, 5) is 0. The van der Waals surface area contributed by atoms with Crippen LogP contribution in [0.25, 0.3) is 0 Å². The smallest absolute Gasteiger partial charge is 0.133 e. The van der Waals surface area contributed by atoms with Crippen LogP contribution >= 0.6 is 11.8 Å². The van der Waals surface area contributed by atoms with Gasteiger partial charge >= 0.3 is 0 Å². The summed E-state index contributed by atoms with van der Waals surface area (Å²) in [5.74, 6) is 1.70. The third-order valence-corrected chi connectivity index (χ3v) is 2.48. The van der Waals surface area contributed by atoms with E-state index in [2.05, 4.69) is 0 Å². The molecule has 1 N–H and O–H groups in total. The van der Waals surface area contributed by atoms with Gasteiger partial charge in [-0.05, 0) is 48.9 Å². The highest BCUT2D eigenvalue weighted by Gasteiger charge is 2.03. The number of thiocyanates is 1. The quantitative estimate of drug-likeness (QED) is 0.629. The van der Waals surface area contributed by atoms with Gasteiger partial charge in [0, 0.05) is 5.75 Å². The summed E-state index contributed by atoms with van der Waals surface area (Å²) in [6.07, 6.45) is 0. The number of phenols is 1. The third kappa shape index (κ3) is 3.37. The Labute approximate surface area is 93.7 Å². The van der Waals surface area contributed by atoms with Crippen LogP contribution in [-0.4, -0.2) is 17.5 Å². The highest BCUT2D eigenvalue weighted by Crippen LogP contribution is 2.26. The molecule has 3 nitrogen and oxygen atoms in total. The number of rotatable bonds is 4. The molecule has 15 heavy (non-hydrogen) atoms. The first-order chi connectivity index (χ1) is 7.15. The van der Waals surface area contributed by atoms with Crippen LogP contribution < -0.4 is 4.74 Å². The minimum atomic E-state index is 0.314. The van der Waals surface area contributed by atoms with Crippen molar-refractivity contribution in [1.29, 1.82) is 5.26 Å².